The van der Waals surface area contributed by atoms with Crippen molar-refractivity contribution in [2.75, 3.05) is 4.72 Å². The molecule has 0 saturated heterocycles. The van der Waals surface area contributed by atoms with Gasteiger partial charge in [0.2, 0.25) is 0 Å². The molecule has 0 fully saturated rings. The summed E-state index contributed by atoms with van der Waals surface area (Å²) in [4.78, 5) is 10.5. The van der Waals surface area contributed by atoms with Crippen LogP contribution < -0.4 is 4.72 Å². The van der Waals surface area contributed by atoms with Crippen molar-refractivity contribution in [2.45, 2.75) is 4.90 Å². The molecule has 19 heavy (non-hydrogen) atoms. The number of carboxylic acid groups (broad SMARTS) is 1. The second-order valence-corrected chi connectivity index (χ2v) is 6.20. The number of hydrogen-bond acceptors (Lipinski definition) is 5. The van der Waals surface area contributed by atoms with Gasteiger partial charge in [-0.15, -0.1) is 11.3 Å². The van der Waals surface area contributed by atoms with Crippen LogP contribution in [0.15, 0.2) is 40.6 Å². The van der Waals surface area contributed by atoms with Gasteiger partial charge in [0, 0.05) is 11.4 Å². The molecule has 0 aliphatic heterocycles. The molecule has 3 N–H and O–H groups in total. The largest absolute Gasteiger partial charge is 0.508 e. The third-order valence-electron chi connectivity index (χ3n) is 2.19. The average Bonchev–Trinajstić information content (AvgIpc) is 2.78. The first-order valence-electron chi connectivity index (χ1n) is 5.02. The van der Waals surface area contributed by atoms with E-state index in [1.165, 1.54) is 29.6 Å². The Morgan fingerprint density at radius 3 is 2.58 bits per heavy atom. The van der Waals surface area contributed by atoms with Crippen molar-refractivity contribution >= 4 is 33.0 Å². The van der Waals surface area contributed by atoms with E-state index >= 15 is 0 Å². The summed E-state index contributed by atoms with van der Waals surface area (Å²) in [6.07, 6.45) is 0. The third kappa shape index (κ3) is 3.04. The van der Waals surface area contributed by atoms with Gasteiger partial charge in [-0.25, -0.2) is 13.2 Å². The Balaban J connectivity index is 2.29. The lowest BCUT2D eigenvalue weighted by molar-refractivity contribution is 0.0702. The molecule has 0 unspecified atom stereocenters. The van der Waals surface area contributed by atoms with E-state index in [2.05, 4.69) is 4.72 Å². The molecule has 0 aliphatic carbocycles. The van der Waals surface area contributed by atoms with Crippen molar-refractivity contribution < 1.29 is 23.4 Å². The van der Waals surface area contributed by atoms with E-state index in [-0.39, 0.29) is 21.2 Å². The average molecular weight is 299 g/mol. The number of carbonyl (C=O) groups is 1. The van der Waals surface area contributed by atoms with Crippen molar-refractivity contribution in [1.82, 2.24) is 0 Å². The number of nitrogens with one attached hydrogen (secondary N) is 1. The normalized spacial score (nSPS) is 11.2. The van der Waals surface area contributed by atoms with Crippen molar-refractivity contribution in [3.8, 4) is 5.75 Å². The smallest absolute Gasteiger partial charge is 0.345 e. The van der Waals surface area contributed by atoms with Crippen LogP contribution in [0.2, 0.25) is 0 Å². The molecule has 0 amide bonds. The van der Waals surface area contributed by atoms with Gasteiger partial charge in [-0.2, -0.15) is 0 Å². The summed E-state index contributed by atoms with van der Waals surface area (Å²) >= 11 is 0.830. The minimum Gasteiger partial charge on any atom is -0.508 e. The molecule has 100 valence electrons. The molecule has 0 radical (unpaired) electrons. The molecule has 6 nitrogen and oxygen atoms in total. The fourth-order valence-corrected chi connectivity index (χ4v) is 3.52. The zero-order valence-electron chi connectivity index (χ0n) is 9.40. The molecule has 2 rings (SSSR count). The third-order valence-corrected chi connectivity index (χ3v) is 4.62. The highest BCUT2D eigenvalue weighted by molar-refractivity contribution is 7.92. The van der Waals surface area contributed by atoms with E-state index < -0.39 is 16.0 Å². The van der Waals surface area contributed by atoms with Crippen molar-refractivity contribution in [3.05, 3.63) is 40.6 Å². The minimum atomic E-state index is -3.86. The van der Waals surface area contributed by atoms with E-state index in [0.717, 1.165) is 17.4 Å². The van der Waals surface area contributed by atoms with Crippen LogP contribution in [-0.2, 0) is 10.0 Å². The fraction of sp³-hybridized carbons (Fsp3) is 0. The maximum atomic E-state index is 12.0. The summed E-state index contributed by atoms with van der Waals surface area (Å²) in [7, 11) is -3.86. The van der Waals surface area contributed by atoms with Crippen molar-refractivity contribution in [3.63, 3.8) is 0 Å². The summed E-state index contributed by atoms with van der Waals surface area (Å²) in [5.41, 5.74) is 0.197. The van der Waals surface area contributed by atoms with Gasteiger partial charge in [-0.1, -0.05) is 6.07 Å². The summed E-state index contributed by atoms with van der Waals surface area (Å²) in [5.74, 6) is -1.25. The highest BCUT2D eigenvalue weighted by atomic mass is 32.2. The molecule has 0 saturated carbocycles. The van der Waals surface area contributed by atoms with Gasteiger partial charge in [-0.3, -0.25) is 4.72 Å². The van der Waals surface area contributed by atoms with Crippen LogP contribution in [0.3, 0.4) is 0 Å². The van der Waals surface area contributed by atoms with Crippen LogP contribution in [-0.4, -0.2) is 24.6 Å². The first-order valence-corrected chi connectivity index (χ1v) is 7.38. The maximum Gasteiger partial charge on any atom is 0.345 e. The van der Waals surface area contributed by atoms with E-state index in [9.17, 15) is 18.3 Å². The number of hydrogen-bond donors (Lipinski definition) is 3. The van der Waals surface area contributed by atoms with E-state index in [0.29, 0.717) is 0 Å². The summed E-state index contributed by atoms with van der Waals surface area (Å²) in [5, 5.41) is 19.2. The summed E-state index contributed by atoms with van der Waals surface area (Å²) < 4.78 is 26.2. The van der Waals surface area contributed by atoms with Crippen LogP contribution in [0.1, 0.15) is 9.67 Å². The molecule has 2 aromatic rings. The topological polar surface area (TPSA) is 104 Å². The number of thiophene rings is 1. The van der Waals surface area contributed by atoms with Crippen LogP contribution in [0.5, 0.6) is 5.75 Å². The Labute approximate surface area is 113 Å². The SMILES string of the molecule is O=C(O)c1cc(S(=O)(=O)Nc2cccc(O)c2)cs1. The Morgan fingerprint density at radius 1 is 1.26 bits per heavy atom. The zero-order valence-corrected chi connectivity index (χ0v) is 11.0. The first kappa shape index (κ1) is 13.4. The lowest BCUT2D eigenvalue weighted by Crippen LogP contribution is -2.12. The highest BCUT2D eigenvalue weighted by Crippen LogP contribution is 2.23. The van der Waals surface area contributed by atoms with E-state index in [1.54, 1.807) is 0 Å². The standard InChI is InChI=1S/C11H9NO5S2/c13-8-3-1-2-7(4-8)12-19(16,17)9-5-10(11(14)15)18-6-9/h1-6,12-13H,(H,14,15). The van der Waals surface area contributed by atoms with Crippen molar-refractivity contribution in [2.24, 2.45) is 0 Å². The van der Waals surface area contributed by atoms with Gasteiger partial charge in [0.1, 0.15) is 10.6 Å². The van der Waals surface area contributed by atoms with E-state index in [1.807, 2.05) is 0 Å². The second-order valence-electron chi connectivity index (χ2n) is 3.61. The Morgan fingerprint density at radius 2 is 2.00 bits per heavy atom. The second kappa shape index (κ2) is 4.90. The van der Waals surface area contributed by atoms with Crippen molar-refractivity contribution in [1.29, 1.82) is 0 Å². The first-order chi connectivity index (χ1) is 8.88. The van der Waals surface area contributed by atoms with Crippen LogP contribution in [0.25, 0.3) is 0 Å². The number of rotatable bonds is 4. The quantitative estimate of drug-likeness (QED) is 0.800. The number of aromatic carboxylic acids is 1. The molecular weight excluding hydrogens is 290 g/mol. The number of phenolic OH excluding ortho intramolecular Hbond substituents is 1. The molecule has 0 atom stereocenters. The minimum absolute atomic E-state index is 0.0590. The fourth-order valence-electron chi connectivity index (χ4n) is 1.36. The summed E-state index contributed by atoms with van der Waals surface area (Å²) in [6, 6.07) is 6.70. The number of phenols is 1. The maximum absolute atomic E-state index is 12.0. The number of anilines is 1. The number of sulfonamides is 1. The molecule has 1 aromatic heterocycles. The highest BCUT2D eigenvalue weighted by Gasteiger charge is 2.18. The molecular formula is C11H9NO5S2. The molecule has 0 spiro atoms. The van der Waals surface area contributed by atoms with E-state index in [4.69, 9.17) is 5.11 Å². The number of aromatic hydroxyl groups is 1. The Hall–Kier alpha value is -2.06. The van der Waals surface area contributed by atoms with Gasteiger partial charge in [0.05, 0.1) is 10.6 Å². The van der Waals surface area contributed by atoms with Gasteiger partial charge >= 0.3 is 5.97 Å². The monoisotopic (exact) mass is 299 g/mol. The summed E-state index contributed by atoms with van der Waals surface area (Å²) in [6.45, 7) is 0. The Kier molecular flexibility index (Phi) is 3.45. The molecule has 0 aliphatic rings. The molecule has 8 heteroatoms. The number of benzene rings is 1. The van der Waals surface area contributed by atoms with Gasteiger partial charge in [0.15, 0.2) is 0 Å². The molecule has 0 bridgehead atoms. The van der Waals surface area contributed by atoms with Crippen LogP contribution in [0.4, 0.5) is 5.69 Å². The van der Waals surface area contributed by atoms with Gasteiger partial charge in [0.25, 0.3) is 10.0 Å². The molecule has 1 aromatic carbocycles. The predicted octanol–water partition coefficient (Wildman–Crippen LogP) is 1.95. The van der Waals surface area contributed by atoms with Crippen LogP contribution >= 0.6 is 11.3 Å². The lowest BCUT2D eigenvalue weighted by Gasteiger charge is -2.06. The number of carboxylic acids is 1. The van der Waals surface area contributed by atoms with Gasteiger partial charge < -0.3 is 10.2 Å². The zero-order chi connectivity index (χ0) is 14.0. The van der Waals surface area contributed by atoms with Crippen LogP contribution in [0, 0.1) is 0 Å². The lowest BCUT2D eigenvalue weighted by atomic mass is 10.3. The Bertz CT molecular complexity index is 720. The predicted molar refractivity (Wildman–Crippen MR) is 70.2 cm³/mol. The van der Waals surface area contributed by atoms with Gasteiger partial charge in [-0.05, 0) is 18.2 Å². The molecule has 1 heterocycles.